The van der Waals surface area contributed by atoms with Crippen molar-refractivity contribution < 1.29 is 11.2 Å². The van der Waals surface area contributed by atoms with Gasteiger partial charge in [0.15, 0.2) is 0 Å². The van der Waals surface area contributed by atoms with Crippen molar-refractivity contribution in [3.8, 4) is 11.1 Å². The monoisotopic (exact) mass is 543 g/mol. The van der Waals surface area contributed by atoms with Crippen molar-refractivity contribution >= 4 is 34.1 Å². The zero-order chi connectivity index (χ0) is 31.5. The van der Waals surface area contributed by atoms with Crippen molar-refractivity contribution in [1.82, 2.24) is 4.98 Å². The fourth-order valence-electron chi connectivity index (χ4n) is 5.71. The largest absolute Gasteiger partial charge is 0.252 e. The molecule has 0 unspecified atom stereocenters. The summed E-state index contributed by atoms with van der Waals surface area (Å²) >= 11 is 0. The van der Waals surface area contributed by atoms with Crippen LogP contribution in [-0.4, -0.2) is 4.98 Å². The second-order valence-corrected chi connectivity index (χ2v) is 13.4. The van der Waals surface area contributed by atoms with Gasteiger partial charge in [-0.15, -0.1) is 0 Å². The minimum absolute atomic E-state index is 0.0858. The summed E-state index contributed by atoms with van der Waals surface area (Å²) in [5, 5.41) is 4.05. The minimum atomic E-state index is -2.60. The van der Waals surface area contributed by atoms with Gasteiger partial charge in [-0.2, -0.15) is 0 Å². The number of para-hydroxylation sites is 1. The summed E-state index contributed by atoms with van der Waals surface area (Å²) in [5.74, 6) is -2.64. The van der Waals surface area contributed by atoms with Gasteiger partial charge in [-0.25, -0.2) is 4.39 Å². The number of fused-ring (bicyclic) bond motifs is 1. The molecule has 0 atom stereocenters. The lowest BCUT2D eigenvalue weighted by Gasteiger charge is -2.30. The summed E-state index contributed by atoms with van der Waals surface area (Å²) in [5.41, 5.74) is 2.63. The highest BCUT2D eigenvalue weighted by Crippen LogP contribution is 2.60. The molecule has 1 aromatic heterocycles. The lowest BCUT2D eigenvalue weighted by Crippen LogP contribution is -2.33. The number of benzene rings is 5. The lowest BCUT2D eigenvalue weighted by molar-refractivity contribution is 0.628. The number of pyridine rings is 1. The fourth-order valence-corrected chi connectivity index (χ4v) is 9.98. The first-order valence-electron chi connectivity index (χ1n) is 15.9. The van der Waals surface area contributed by atoms with Gasteiger partial charge in [0.25, 0.3) is 0 Å². The minimum Gasteiger partial charge on any atom is -0.252 e. The quantitative estimate of drug-likeness (QED) is 0.184. The van der Waals surface area contributed by atoms with E-state index in [0.717, 1.165) is 21.3 Å². The molecule has 1 aliphatic carbocycles. The average molecular weight is 544 g/mol. The number of hydrogen-bond donors (Lipinski definition) is 0. The highest BCUT2D eigenvalue weighted by Gasteiger charge is 2.47. The van der Waals surface area contributed by atoms with Gasteiger partial charge in [0.2, 0.25) is 0 Å². The molecular weight excluding hydrogens is 508 g/mol. The van der Waals surface area contributed by atoms with Crippen LogP contribution in [0.25, 0.3) is 22.0 Å². The van der Waals surface area contributed by atoms with Crippen LogP contribution in [0.1, 0.15) is 36.8 Å². The molecule has 1 nitrogen and oxygen atoms in total. The van der Waals surface area contributed by atoms with E-state index in [0.29, 0.717) is 28.4 Å². The molecule has 6 aromatic rings. The van der Waals surface area contributed by atoms with Gasteiger partial charge in [-0.05, 0) is 78.5 Å². The molecule has 1 aliphatic rings. The number of hydrogen-bond acceptors (Lipinski definition) is 1. The fraction of sp³-hybridized carbons (Fsp3) is 0.108. The van der Waals surface area contributed by atoms with Crippen LogP contribution in [0, 0.1) is 5.82 Å². The third-order valence-corrected chi connectivity index (χ3v) is 11.9. The molecule has 0 bridgehead atoms. The van der Waals surface area contributed by atoms with Gasteiger partial charge in [-0.1, -0.05) is 84.9 Å². The van der Waals surface area contributed by atoms with Crippen LogP contribution in [0.15, 0.2) is 140 Å². The second kappa shape index (κ2) is 10.5. The molecule has 0 aliphatic heterocycles. The van der Waals surface area contributed by atoms with Crippen molar-refractivity contribution in [2.24, 2.45) is 0 Å². The number of halogens is 1. The lowest BCUT2D eigenvalue weighted by atomic mass is 9.93. The van der Waals surface area contributed by atoms with Gasteiger partial charge in [0, 0.05) is 23.7 Å². The van der Waals surface area contributed by atoms with Crippen LogP contribution >= 0.6 is 7.26 Å². The molecule has 194 valence electrons. The van der Waals surface area contributed by atoms with Crippen LogP contribution in [-0.2, 0) is 6.16 Å². The predicted octanol–water partition coefficient (Wildman–Crippen LogP) is 8.41. The highest BCUT2D eigenvalue weighted by molar-refractivity contribution is 7.95. The van der Waals surface area contributed by atoms with Crippen LogP contribution < -0.4 is 15.9 Å². The summed E-state index contributed by atoms with van der Waals surface area (Å²) in [6, 6.07) is 44.4. The maximum absolute atomic E-state index is 14.3. The van der Waals surface area contributed by atoms with E-state index in [-0.39, 0.29) is 11.5 Å². The van der Waals surface area contributed by atoms with E-state index in [2.05, 4.69) is 36.4 Å². The van der Waals surface area contributed by atoms with E-state index in [9.17, 15) is 5.76 Å². The normalized spacial score (nSPS) is 18.6. The van der Waals surface area contributed by atoms with Gasteiger partial charge >= 0.3 is 0 Å². The molecule has 1 fully saturated rings. The van der Waals surface area contributed by atoms with E-state index >= 15 is 0 Å². The molecule has 0 spiro atoms. The first kappa shape index (κ1) is 19.9. The van der Waals surface area contributed by atoms with E-state index in [1.54, 1.807) is 18.2 Å². The third-order valence-electron chi connectivity index (χ3n) is 7.60. The van der Waals surface area contributed by atoms with Gasteiger partial charge < -0.3 is 0 Å². The van der Waals surface area contributed by atoms with E-state index in [1.807, 2.05) is 72.8 Å². The molecule has 7 rings (SSSR count). The molecule has 0 amide bonds. The van der Waals surface area contributed by atoms with Gasteiger partial charge in [-0.3, -0.25) is 4.98 Å². The molecular formula is C37H30FNP+. The van der Waals surface area contributed by atoms with Crippen LogP contribution in [0.4, 0.5) is 4.39 Å². The van der Waals surface area contributed by atoms with E-state index in [1.165, 1.54) is 12.1 Å². The van der Waals surface area contributed by atoms with Crippen molar-refractivity contribution in [2.45, 2.75) is 24.8 Å². The molecule has 1 heterocycles. The van der Waals surface area contributed by atoms with Crippen molar-refractivity contribution in [2.75, 3.05) is 0 Å². The summed E-state index contributed by atoms with van der Waals surface area (Å²) in [4.78, 5) is 4.95. The Morgan fingerprint density at radius 2 is 1.18 bits per heavy atom. The molecule has 5 aromatic carbocycles. The smallest absolute Gasteiger partial charge is 0.123 e. The molecule has 40 heavy (non-hydrogen) atoms. The summed E-state index contributed by atoms with van der Waals surface area (Å²) in [6.07, 6.45) is -4.60. The van der Waals surface area contributed by atoms with E-state index < -0.39 is 25.9 Å². The number of aromatic nitrogens is 1. The topological polar surface area (TPSA) is 12.9 Å². The summed E-state index contributed by atoms with van der Waals surface area (Å²) in [7, 11) is -2.60. The van der Waals surface area contributed by atoms with Gasteiger partial charge in [0.1, 0.15) is 35.2 Å². The zero-order valence-corrected chi connectivity index (χ0v) is 22.7. The van der Waals surface area contributed by atoms with Crippen molar-refractivity contribution in [3.05, 3.63) is 157 Å². The SMILES string of the molecule is [2H]C1([2H])C([2H])([2H])C1([2H])c1nc2ccccc2c(-c2ccc(F)cc2)c1C[P+](c1ccccc1)(c1ccccc1)c1ccccc1. The Bertz CT molecular complexity index is 1890. The second-order valence-electron chi connectivity index (χ2n) is 9.94. The van der Waals surface area contributed by atoms with Crippen LogP contribution in [0.5, 0.6) is 0 Å². The first-order chi connectivity index (χ1) is 21.6. The van der Waals surface area contributed by atoms with E-state index in [4.69, 9.17) is 10.5 Å². The standard InChI is InChI=1S/C37H30FNP/c38-29-24-22-27(23-25-29)36-33-18-10-11-19-35(33)39-37(28-20-21-28)34(36)26-40(30-12-4-1-5-13-30,31-14-6-2-7-15-31)32-16-8-3-9-17-32/h1-19,22-25,28H,20-21,26H2/q+1/i20D2,21D2,28D. The summed E-state index contributed by atoms with van der Waals surface area (Å²) < 4.78 is 58.5. The Hall–Kier alpha value is -4.13. The Balaban J connectivity index is 1.65. The van der Waals surface area contributed by atoms with Gasteiger partial charge in [0.05, 0.1) is 11.2 Å². The molecule has 1 saturated carbocycles. The third kappa shape index (κ3) is 4.43. The molecule has 0 N–H and O–H groups in total. The molecule has 0 radical (unpaired) electrons. The highest BCUT2D eigenvalue weighted by atomic mass is 31.2. The first-order valence-corrected chi connectivity index (χ1v) is 15.3. The predicted molar refractivity (Wildman–Crippen MR) is 168 cm³/mol. The Labute approximate surface area is 242 Å². The van der Waals surface area contributed by atoms with Crippen LogP contribution in [0.3, 0.4) is 0 Å². The summed E-state index contributed by atoms with van der Waals surface area (Å²) in [6.45, 7) is 0. The Morgan fingerprint density at radius 3 is 1.70 bits per heavy atom. The zero-order valence-electron chi connectivity index (χ0n) is 26.8. The molecule has 0 saturated heterocycles. The maximum atomic E-state index is 14.3. The van der Waals surface area contributed by atoms with Crippen molar-refractivity contribution in [1.29, 1.82) is 0 Å². The average Bonchev–Trinajstić information content (AvgIpc) is 3.40. The maximum Gasteiger partial charge on any atom is 0.123 e. The van der Waals surface area contributed by atoms with Crippen molar-refractivity contribution in [3.63, 3.8) is 0 Å². The van der Waals surface area contributed by atoms with Crippen LogP contribution in [0.2, 0.25) is 0 Å². The Morgan fingerprint density at radius 1 is 0.675 bits per heavy atom. The molecule has 3 heteroatoms. The number of nitrogens with zero attached hydrogens (tertiary/aromatic N) is 1. The Kier molecular flexibility index (Phi) is 5.19. The number of rotatable bonds is 7.